The first-order valence-corrected chi connectivity index (χ1v) is 12.7. The van der Waals surface area contributed by atoms with Gasteiger partial charge < -0.3 is 34.7 Å². The highest BCUT2D eigenvalue weighted by Crippen LogP contribution is 2.82. The van der Waals surface area contributed by atoms with Crippen LogP contribution in [0.2, 0.25) is 0 Å². The van der Waals surface area contributed by atoms with Crippen LogP contribution in [0.1, 0.15) is 53.4 Å². The molecule has 0 radical (unpaired) electrons. The van der Waals surface area contributed by atoms with E-state index in [-0.39, 0.29) is 30.3 Å². The Kier molecular flexibility index (Phi) is 5.62. The minimum atomic E-state index is -1.46. The van der Waals surface area contributed by atoms with E-state index in [4.69, 9.17) is 9.47 Å². The van der Waals surface area contributed by atoms with Gasteiger partial charge in [0.1, 0.15) is 30.0 Å². The second kappa shape index (κ2) is 7.84. The summed E-state index contributed by atoms with van der Waals surface area (Å²) in [5, 5.41) is 41.8. The van der Waals surface area contributed by atoms with Crippen molar-refractivity contribution in [1.29, 1.82) is 0 Å². The van der Waals surface area contributed by atoms with E-state index in [0.717, 1.165) is 24.7 Å². The lowest BCUT2D eigenvalue weighted by Crippen LogP contribution is -2.64. The summed E-state index contributed by atoms with van der Waals surface area (Å²) in [7, 11) is 0. The summed E-state index contributed by atoms with van der Waals surface area (Å²) in [5.74, 6) is -0.472. The Bertz CT molecular complexity index is 901. The monoisotopic (exact) mass is 478 g/mol. The van der Waals surface area contributed by atoms with E-state index in [2.05, 4.69) is 13.0 Å². The van der Waals surface area contributed by atoms with Crippen LogP contribution in [-0.2, 0) is 19.1 Å². The summed E-state index contributed by atoms with van der Waals surface area (Å²) in [4.78, 5) is 26.4. The molecule has 0 unspecified atom stereocenters. The predicted octanol–water partition coefficient (Wildman–Crippen LogP) is 1.76. The predicted molar refractivity (Wildman–Crippen MR) is 120 cm³/mol. The summed E-state index contributed by atoms with van der Waals surface area (Å²) >= 11 is 0. The number of allylic oxidation sites excluding steroid dienone is 1. The van der Waals surface area contributed by atoms with Crippen molar-refractivity contribution in [1.82, 2.24) is 0 Å². The van der Waals surface area contributed by atoms with Crippen molar-refractivity contribution >= 4 is 12.3 Å². The van der Waals surface area contributed by atoms with Crippen molar-refractivity contribution in [3.63, 3.8) is 0 Å². The van der Waals surface area contributed by atoms with Crippen LogP contribution < -0.4 is 0 Å². The maximum atomic E-state index is 13.4. The highest BCUT2D eigenvalue weighted by Gasteiger charge is 2.84. The first kappa shape index (κ1) is 24.4. The molecule has 0 spiro atoms. The first-order valence-electron chi connectivity index (χ1n) is 12.7. The number of carbonyl (C=O) groups excluding carboxylic acids is 1. The Labute approximate surface area is 200 Å². The summed E-state index contributed by atoms with van der Waals surface area (Å²) in [5.41, 5.74) is -2.37. The molecule has 4 aliphatic carbocycles. The van der Waals surface area contributed by atoms with Crippen molar-refractivity contribution in [2.75, 3.05) is 6.61 Å². The molecule has 5 rings (SSSR count). The second-order valence-electron chi connectivity index (χ2n) is 12.0. The van der Waals surface area contributed by atoms with Gasteiger partial charge in [-0.15, -0.1) is 0 Å². The second-order valence-corrected chi connectivity index (χ2v) is 12.0. The fourth-order valence-corrected chi connectivity index (χ4v) is 9.02. The largest absolute Gasteiger partial charge is 0.481 e. The van der Waals surface area contributed by atoms with Crippen LogP contribution in [0.5, 0.6) is 0 Å². The number of aliphatic carboxylic acids is 1. The summed E-state index contributed by atoms with van der Waals surface area (Å²) in [6.07, 6.45) is -0.0313. The number of carboxylic acid groups (broad SMARTS) is 1. The third-order valence-corrected chi connectivity index (χ3v) is 10.4. The normalized spacial score (nSPS) is 53.6. The quantitative estimate of drug-likeness (QED) is 0.335. The molecule has 3 saturated carbocycles. The molecule has 1 aliphatic heterocycles. The molecule has 0 amide bonds. The summed E-state index contributed by atoms with van der Waals surface area (Å²) in [6.45, 7) is 7.76. The zero-order valence-corrected chi connectivity index (χ0v) is 20.4. The molecule has 12 atom stereocenters. The lowest BCUT2D eigenvalue weighted by molar-refractivity contribution is -0.304. The average molecular weight is 479 g/mol. The first-order chi connectivity index (χ1) is 16.0. The molecule has 8 heteroatoms. The number of aldehydes is 1. The van der Waals surface area contributed by atoms with Crippen LogP contribution in [0.4, 0.5) is 0 Å². The van der Waals surface area contributed by atoms with Crippen LogP contribution in [0.3, 0.4) is 0 Å². The van der Waals surface area contributed by atoms with Crippen LogP contribution in [-0.4, -0.2) is 70.0 Å². The van der Waals surface area contributed by atoms with E-state index in [1.54, 1.807) is 6.92 Å². The fourth-order valence-electron chi connectivity index (χ4n) is 9.02. The van der Waals surface area contributed by atoms with E-state index >= 15 is 0 Å². The molecule has 34 heavy (non-hydrogen) atoms. The van der Waals surface area contributed by atoms with Gasteiger partial charge in [-0.3, -0.25) is 4.79 Å². The van der Waals surface area contributed by atoms with Crippen LogP contribution in [0.25, 0.3) is 0 Å². The standard InChI is InChI=1S/C26H38O8/c1-12(2)18-7-15-8-24(10-27)17-6-5-13(3)16(17)9-25(15,26(18,24)23(31)32)11-33-22-21(30)20(29)19(28)14(4)34-22/h7,10,12-17,19-22,28-30H,5-6,8-9,11H2,1-4H3,(H,31,32)/t13-,14-,15-,16-,17-,19-,20-,21+,22-,24+,25+,26+/m1/s1. The highest BCUT2D eigenvalue weighted by molar-refractivity contribution is 5.90. The van der Waals surface area contributed by atoms with Crippen molar-refractivity contribution in [2.24, 2.45) is 45.8 Å². The smallest absolute Gasteiger partial charge is 0.315 e. The number of rotatable bonds is 6. The van der Waals surface area contributed by atoms with Crippen LogP contribution in [0, 0.1) is 45.8 Å². The van der Waals surface area contributed by atoms with E-state index in [1.807, 2.05) is 13.8 Å². The molecule has 4 N–H and O–H groups in total. The Balaban J connectivity index is 1.59. The van der Waals surface area contributed by atoms with E-state index in [1.165, 1.54) is 0 Å². The van der Waals surface area contributed by atoms with Gasteiger partial charge in [-0.2, -0.15) is 0 Å². The number of hydrogen-bond donors (Lipinski definition) is 4. The number of ether oxygens (including phenoxy) is 2. The molecule has 4 bridgehead atoms. The third kappa shape index (κ3) is 2.67. The number of fused-ring (bicyclic) bond motifs is 2. The van der Waals surface area contributed by atoms with Gasteiger partial charge >= 0.3 is 5.97 Å². The van der Waals surface area contributed by atoms with Gasteiger partial charge in [0, 0.05) is 5.41 Å². The van der Waals surface area contributed by atoms with Crippen molar-refractivity contribution in [3.8, 4) is 0 Å². The van der Waals surface area contributed by atoms with Crippen LogP contribution >= 0.6 is 0 Å². The topological polar surface area (TPSA) is 134 Å². The van der Waals surface area contributed by atoms with E-state index in [0.29, 0.717) is 18.8 Å². The number of carbonyl (C=O) groups is 2. The molecular formula is C26H38O8. The van der Waals surface area contributed by atoms with E-state index in [9.17, 15) is 30.0 Å². The Morgan fingerprint density at radius 3 is 2.50 bits per heavy atom. The molecular weight excluding hydrogens is 440 g/mol. The number of aliphatic hydroxyl groups is 3. The molecule has 0 aromatic rings. The molecule has 5 aliphatic rings. The molecule has 8 nitrogen and oxygen atoms in total. The highest BCUT2D eigenvalue weighted by atomic mass is 16.7. The molecule has 1 saturated heterocycles. The maximum Gasteiger partial charge on any atom is 0.315 e. The van der Waals surface area contributed by atoms with Gasteiger partial charge in [-0.05, 0) is 55.8 Å². The maximum absolute atomic E-state index is 13.4. The van der Waals surface area contributed by atoms with Gasteiger partial charge in [0.05, 0.1) is 18.1 Å². The lowest BCUT2D eigenvalue weighted by atomic mass is 9.43. The number of hydrogen-bond acceptors (Lipinski definition) is 7. The van der Waals surface area contributed by atoms with Crippen molar-refractivity contribution in [2.45, 2.75) is 84.1 Å². The van der Waals surface area contributed by atoms with Gasteiger partial charge in [0.2, 0.25) is 0 Å². The summed E-state index contributed by atoms with van der Waals surface area (Å²) in [6, 6.07) is 0. The van der Waals surface area contributed by atoms with Gasteiger partial charge in [-0.25, -0.2) is 0 Å². The fraction of sp³-hybridized carbons (Fsp3) is 0.846. The Hall–Kier alpha value is -1.32. The SMILES string of the molecule is CC(C)C1=C[C@@H]2C[C@]3(C=O)[C@@H]4CC[C@@H](C)[C@H]4C[C@@]2(CO[C@@H]2O[C@H](C)[C@@H](O)[C@@H](O)[C@@H]2O)[C@]13C(=O)O. The van der Waals surface area contributed by atoms with Gasteiger partial charge in [0.25, 0.3) is 0 Å². The number of carboxylic acids is 1. The third-order valence-electron chi connectivity index (χ3n) is 10.4. The minimum Gasteiger partial charge on any atom is -0.481 e. The lowest BCUT2D eigenvalue weighted by Gasteiger charge is -2.58. The molecule has 0 aromatic carbocycles. The zero-order chi connectivity index (χ0) is 24.8. The molecule has 4 fully saturated rings. The van der Waals surface area contributed by atoms with E-state index < -0.39 is 52.9 Å². The van der Waals surface area contributed by atoms with Gasteiger partial charge in [0.15, 0.2) is 6.29 Å². The Morgan fingerprint density at radius 1 is 1.18 bits per heavy atom. The van der Waals surface area contributed by atoms with Crippen LogP contribution in [0.15, 0.2) is 11.6 Å². The molecule has 1 heterocycles. The van der Waals surface area contributed by atoms with Crippen molar-refractivity contribution in [3.05, 3.63) is 11.6 Å². The Morgan fingerprint density at radius 2 is 1.88 bits per heavy atom. The summed E-state index contributed by atoms with van der Waals surface area (Å²) < 4.78 is 11.8. The minimum absolute atomic E-state index is 0.000517. The van der Waals surface area contributed by atoms with Gasteiger partial charge in [-0.1, -0.05) is 38.8 Å². The molecule has 0 aromatic heterocycles. The zero-order valence-electron chi connectivity index (χ0n) is 20.4. The number of aliphatic hydroxyl groups excluding tert-OH is 3. The van der Waals surface area contributed by atoms with Crippen molar-refractivity contribution < 1.29 is 39.5 Å². The molecule has 190 valence electrons. The average Bonchev–Trinajstić information content (AvgIpc) is 3.36.